The van der Waals surface area contributed by atoms with E-state index >= 15 is 0 Å². The molecular weight excluding hydrogens is 906 g/mol. The van der Waals surface area contributed by atoms with E-state index in [-0.39, 0.29) is 32.6 Å². The molecule has 0 spiro atoms. The maximum atomic E-state index is 12.7. The third kappa shape index (κ3) is 55.8. The van der Waals surface area contributed by atoms with Crippen LogP contribution in [-0.4, -0.2) is 49.3 Å². The van der Waals surface area contributed by atoms with Gasteiger partial charge in [0.1, 0.15) is 6.61 Å². The number of nitrogens with two attached hydrogens (primary N) is 1. The Labute approximate surface area is 435 Å². The minimum absolute atomic E-state index is 0.0472. The van der Waals surface area contributed by atoms with Crippen molar-refractivity contribution in [2.75, 3.05) is 26.4 Å². The molecule has 2 atom stereocenters. The zero-order chi connectivity index (χ0) is 51.7. The van der Waals surface area contributed by atoms with Gasteiger partial charge in [0, 0.05) is 19.4 Å². The van der Waals surface area contributed by atoms with E-state index in [0.717, 1.165) is 116 Å². The topological polar surface area (TPSA) is 134 Å². The van der Waals surface area contributed by atoms with Gasteiger partial charge in [-0.1, -0.05) is 226 Å². The van der Waals surface area contributed by atoms with Gasteiger partial charge in [0.25, 0.3) is 0 Å². The van der Waals surface area contributed by atoms with E-state index in [1.54, 1.807) is 0 Å². The van der Waals surface area contributed by atoms with Gasteiger partial charge in [-0.3, -0.25) is 18.6 Å². The summed E-state index contributed by atoms with van der Waals surface area (Å²) in [5.74, 6) is -0.846. The molecule has 0 heterocycles. The normalized spacial score (nSPS) is 13.9. The van der Waals surface area contributed by atoms with Gasteiger partial charge in [0.2, 0.25) is 0 Å². The highest BCUT2D eigenvalue weighted by molar-refractivity contribution is 7.47. The Morgan fingerprint density at radius 1 is 0.437 bits per heavy atom. The summed E-state index contributed by atoms with van der Waals surface area (Å²) in [4.78, 5) is 35.1. The number of carbonyl (C=O) groups is 2. The predicted octanol–water partition coefficient (Wildman–Crippen LogP) is 17.8. The number of esters is 2. The average molecular weight is 1010 g/mol. The first-order valence-electron chi connectivity index (χ1n) is 28.4. The fraction of sp³-hybridized carbons (Fsp3) is 0.672. The van der Waals surface area contributed by atoms with Crippen LogP contribution in [0.1, 0.15) is 232 Å². The largest absolute Gasteiger partial charge is 0.472 e. The van der Waals surface area contributed by atoms with E-state index in [9.17, 15) is 19.0 Å². The van der Waals surface area contributed by atoms with Gasteiger partial charge in [-0.15, -0.1) is 0 Å². The second-order valence-corrected chi connectivity index (χ2v) is 19.9. The van der Waals surface area contributed by atoms with Gasteiger partial charge in [-0.25, -0.2) is 4.57 Å². The summed E-state index contributed by atoms with van der Waals surface area (Å²) in [5, 5.41) is 0. The number of phosphoric acid groups is 1. The first-order chi connectivity index (χ1) is 34.8. The number of unbranched alkanes of at least 4 members (excludes halogenated alkanes) is 21. The fourth-order valence-corrected chi connectivity index (χ4v) is 8.23. The van der Waals surface area contributed by atoms with Crippen LogP contribution in [0.3, 0.4) is 0 Å². The summed E-state index contributed by atoms with van der Waals surface area (Å²) in [5.41, 5.74) is 5.37. The molecule has 0 saturated heterocycles. The second-order valence-electron chi connectivity index (χ2n) is 18.4. The van der Waals surface area contributed by atoms with Crippen LogP contribution in [0.15, 0.2) is 109 Å². The number of allylic oxidation sites excluding steroid dienone is 18. The minimum Gasteiger partial charge on any atom is -0.462 e. The molecule has 406 valence electrons. The Bertz CT molecular complexity index is 1530. The number of hydrogen-bond acceptors (Lipinski definition) is 8. The van der Waals surface area contributed by atoms with E-state index in [1.807, 2.05) is 0 Å². The smallest absolute Gasteiger partial charge is 0.462 e. The lowest BCUT2D eigenvalue weighted by Gasteiger charge is -2.19. The van der Waals surface area contributed by atoms with Gasteiger partial charge < -0.3 is 20.1 Å². The van der Waals surface area contributed by atoms with Gasteiger partial charge in [0.15, 0.2) is 6.10 Å². The summed E-state index contributed by atoms with van der Waals surface area (Å²) in [6.07, 6.45) is 75.7. The predicted molar refractivity (Wildman–Crippen MR) is 302 cm³/mol. The Kier molecular flexibility index (Phi) is 53.3. The van der Waals surface area contributed by atoms with Crippen LogP contribution in [0.2, 0.25) is 0 Å². The highest BCUT2D eigenvalue weighted by Gasteiger charge is 2.26. The molecule has 0 radical (unpaired) electrons. The van der Waals surface area contributed by atoms with E-state index in [0.29, 0.717) is 6.42 Å². The van der Waals surface area contributed by atoms with Crippen LogP contribution in [0.25, 0.3) is 0 Å². The Balaban J connectivity index is 3.99. The summed E-state index contributed by atoms with van der Waals surface area (Å²) in [7, 11) is -4.39. The van der Waals surface area contributed by atoms with Crippen molar-refractivity contribution in [3.63, 3.8) is 0 Å². The summed E-state index contributed by atoms with van der Waals surface area (Å²) in [6, 6.07) is 0. The monoisotopic (exact) mass is 1010 g/mol. The third-order valence-corrected chi connectivity index (χ3v) is 12.6. The molecule has 0 aromatic heterocycles. The first-order valence-corrected chi connectivity index (χ1v) is 29.9. The number of carbonyl (C=O) groups excluding carboxylic acids is 2. The highest BCUT2D eigenvalue weighted by atomic mass is 31.2. The molecular formula is C61H104NO8P. The Morgan fingerprint density at radius 2 is 0.775 bits per heavy atom. The van der Waals surface area contributed by atoms with Crippen molar-refractivity contribution < 1.29 is 37.6 Å². The van der Waals surface area contributed by atoms with Crippen LogP contribution in [0.5, 0.6) is 0 Å². The van der Waals surface area contributed by atoms with Crippen LogP contribution in [0.4, 0.5) is 0 Å². The van der Waals surface area contributed by atoms with Gasteiger partial charge >= 0.3 is 19.8 Å². The Morgan fingerprint density at radius 3 is 1.17 bits per heavy atom. The second kappa shape index (κ2) is 56.0. The molecule has 0 amide bonds. The molecule has 0 aliphatic heterocycles. The molecule has 0 aliphatic rings. The number of hydrogen-bond donors (Lipinski definition) is 2. The summed E-state index contributed by atoms with van der Waals surface area (Å²) in [6.45, 7) is 3.60. The molecule has 3 N–H and O–H groups in total. The number of phosphoric ester groups is 1. The van der Waals surface area contributed by atoms with Crippen molar-refractivity contribution >= 4 is 19.8 Å². The average Bonchev–Trinajstić information content (AvgIpc) is 3.36. The van der Waals surface area contributed by atoms with Crippen molar-refractivity contribution in [1.29, 1.82) is 0 Å². The SMILES string of the molecule is CC/C=C\C/C=C\C/C=C\C/C=C\C/C=C\C/C=C\C/C=C\C/C=C\CCCCCCCCCCCCC(=O)OC(COC(=O)CCCCCCC/C=C\CCCCCCCC)COP(=O)(O)OCCN. The molecule has 0 aliphatic carbocycles. The summed E-state index contributed by atoms with van der Waals surface area (Å²) >= 11 is 0. The molecule has 0 fully saturated rings. The van der Waals surface area contributed by atoms with Crippen molar-refractivity contribution in [2.45, 2.75) is 238 Å². The molecule has 0 aromatic carbocycles. The van der Waals surface area contributed by atoms with Crippen molar-refractivity contribution in [1.82, 2.24) is 0 Å². The zero-order valence-electron chi connectivity index (χ0n) is 45.2. The molecule has 0 rings (SSSR count). The third-order valence-electron chi connectivity index (χ3n) is 11.6. The van der Waals surface area contributed by atoms with Crippen LogP contribution >= 0.6 is 7.82 Å². The van der Waals surface area contributed by atoms with Crippen molar-refractivity contribution in [3.05, 3.63) is 109 Å². The van der Waals surface area contributed by atoms with Crippen LogP contribution in [-0.2, 0) is 32.7 Å². The zero-order valence-corrected chi connectivity index (χ0v) is 46.1. The fourth-order valence-electron chi connectivity index (χ4n) is 7.47. The molecule has 0 aromatic rings. The maximum absolute atomic E-state index is 12.7. The van der Waals surface area contributed by atoms with Crippen LogP contribution in [0, 0.1) is 0 Å². The van der Waals surface area contributed by atoms with Crippen LogP contribution < -0.4 is 5.73 Å². The molecule has 0 bridgehead atoms. The van der Waals surface area contributed by atoms with Crippen molar-refractivity contribution in [3.8, 4) is 0 Å². The molecule has 71 heavy (non-hydrogen) atoms. The van der Waals surface area contributed by atoms with Gasteiger partial charge in [0.05, 0.1) is 13.2 Å². The maximum Gasteiger partial charge on any atom is 0.472 e. The minimum atomic E-state index is -4.39. The molecule has 0 saturated carbocycles. The molecule has 9 nitrogen and oxygen atoms in total. The standard InChI is InChI=1S/C61H104NO8P/c1-3-5-7-9-11-13-15-17-19-20-21-22-23-24-25-26-27-28-29-30-31-32-33-34-35-36-37-38-40-42-44-46-48-50-52-54-61(64)70-59(58-69-71(65,66)68-56-55-62)57-67-60(63)53-51-49-47-45-43-41-39-18-16-14-12-10-8-6-4-2/h5,7,11,13,17-19,21-22,24-25,27-28,30-31,33-34,39,59H,3-4,6,8-10,12,14-16,20,23,26,29,32,35-38,40-58,62H2,1-2H3,(H,65,66)/b7-5-,13-11-,19-17-,22-21-,25-24-,28-27-,31-30-,34-33-,39-18-. The van der Waals surface area contributed by atoms with Crippen molar-refractivity contribution in [2.24, 2.45) is 5.73 Å². The molecule has 10 heteroatoms. The van der Waals surface area contributed by atoms with Gasteiger partial charge in [-0.2, -0.15) is 0 Å². The van der Waals surface area contributed by atoms with Gasteiger partial charge in [-0.05, 0) is 103 Å². The van der Waals surface area contributed by atoms with E-state index in [2.05, 4.69) is 123 Å². The lowest BCUT2D eigenvalue weighted by atomic mass is 10.0. The lowest BCUT2D eigenvalue weighted by molar-refractivity contribution is -0.161. The van der Waals surface area contributed by atoms with E-state index in [1.165, 1.54) is 83.5 Å². The summed E-state index contributed by atoms with van der Waals surface area (Å²) < 4.78 is 33.0. The molecule has 2 unspecified atom stereocenters. The number of rotatable bonds is 52. The highest BCUT2D eigenvalue weighted by Crippen LogP contribution is 2.43. The lowest BCUT2D eigenvalue weighted by Crippen LogP contribution is -2.29. The van der Waals surface area contributed by atoms with E-state index in [4.69, 9.17) is 24.3 Å². The number of ether oxygens (including phenoxy) is 2. The Hall–Kier alpha value is -3.33. The quantitative estimate of drug-likeness (QED) is 0.0264. The first kappa shape index (κ1) is 67.7. The van der Waals surface area contributed by atoms with E-state index < -0.39 is 32.5 Å².